The number of nitrogens with zero attached hydrogens (tertiary/aromatic N) is 4. The minimum atomic E-state index is -0.368. The SMILES string of the molecule is CC(C)[C@@H]1Nc2nc(nc3ccccc23)CN2CCN(Cc3ccc4c(c3)Cc3ccccc3-4)CC2CNC1=O. The molecule has 2 N–H and O–H groups in total. The number of hydrogen-bond acceptors (Lipinski definition) is 6. The van der Waals surface area contributed by atoms with Crippen molar-refractivity contribution in [2.75, 3.05) is 31.5 Å². The third kappa shape index (κ3) is 4.73. The highest BCUT2D eigenvalue weighted by molar-refractivity contribution is 5.92. The highest BCUT2D eigenvalue weighted by Gasteiger charge is 2.31. The molecule has 7 nitrogen and oxygen atoms in total. The molecule has 7 rings (SSSR count). The summed E-state index contributed by atoms with van der Waals surface area (Å²) in [6.07, 6.45) is 1.01. The van der Waals surface area contributed by atoms with Gasteiger partial charge in [-0.05, 0) is 52.3 Å². The lowest BCUT2D eigenvalue weighted by Gasteiger charge is -2.41. The van der Waals surface area contributed by atoms with Gasteiger partial charge < -0.3 is 10.6 Å². The van der Waals surface area contributed by atoms with Crippen LogP contribution in [0.2, 0.25) is 0 Å². The highest BCUT2D eigenvalue weighted by atomic mass is 16.2. The molecular weight excluding hydrogens is 496 g/mol. The van der Waals surface area contributed by atoms with Gasteiger partial charge >= 0.3 is 0 Å². The average Bonchev–Trinajstić information content (AvgIpc) is 3.32. The van der Waals surface area contributed by atoms with Gasteiger partial charge in [-0.25, -0.2) is 9.97 Å². The van der Waals surface area contributed by atoms with Crippen LogP contribution in [0.4, 0.5) is 5.82 Å². The predicted octanol–water partition coefficient (Wildman–Crippen LogP) is 4.45. The Balaban J connectivity index is 1.13. The van der Waals surface area contributed by atoms with Gasteiger partial charge in [0.05, 0.1) is 12.1 Å². The van der Waals surface area contributed by atoms with E-state index < -0.39 is 0 Å². The van der Waals surface area contributed by atoms with E-state index in [9.17, 15) is 4.79 Å². The maximum absolute atomic E-state index is 13.4. The number of fused-ring (bicyclic) bond motifs is 8. The van der Waals surface area contributed by atoms with Gasteiger partial charge in [0, 0.05) is 44.2 Å². The molecule has 2 aliphatic heterocycles. The van der Waals surface area contributed by atoms with Gasteiger partial charge in [-0.1, -0.05) is 68.4 Å². The molecule has 7 heteroatoms. The second-order valence-electron chi connectivity index (χ2n) is 11.8. The fourth-order valence-electron chi connectivity index (χ4n) is 6.56. The largest absolute Gasteiger partial charge is 0.358 e. The molecule has 3 heterocycles. The number of anilines is 1. The van der Waals surface area contributed by atoms with Gasteiger partial charge in [-0.2, -0.15) is 0 Å². The van der Waals surface area contributed by atoms with E-state index >= 15 is 0 Å². The fourth-order valence-corrected chi connectivity index (χ4v) is 6.56. The van der Waals surface area contributed by atoms with Crippen LogP contribution in [0, 0.1) is 5.92 Å². The summed E-state index contributed by atoms with van der Waals surface area (Å²) in [7, 11) is 0. The van der Waals surface area contributed by atoms with Crippen molar-refractivity contribution in [3.63, 3.8) is 0 Å². The molecule has 4 aromatic rings. The van der Waals surface area contributed by atoms with Crippen molar-refractivity contribution >= 4 is 22.6 Å². The van der Waals surface area contributed by atoms with E-state index in [1.165, 1.54) is 27.8 Å². The van der Waals surface area contributed by atoms with E-state index in [4.69, 9.17) is 9.97 Å². The first kappa shape index (κ1) is 25.2. The standard InChI is InChI=1S/C33H36N6O/c1-21(2)31-33(40)34-17-25-19-38(18-22-11-12-27-24(15-22)16-23-7-3-4-8-26(23)27)13-14-39(25)20-30-35-29-10-6-5-9-28(29)32(36-30)37-31/h3-12,15,21,25,31H,13-14,16-20H2,1-2H3,(H,34,40)(H,35,36,37)/t25?,31-/m0/s1. The van der Waals surface area contributed by atoms with Crippen molar-refractivity contribution in [1.29, 1.82) is 0 Å². The van der Waals surface area contributed by atoms with E-state index in [2.05, 4.69) is 76.7 Å². The lowest BCUT2D eigenvalue weighted by molar-refractivity contribution is -0.123. The molecule has 1 saturated heterocycles. The van der Waals surface area contributed by atoms with Gasteiger partial charge in [-0.15, -0.1) is 0 Å². The Hall–Kier alpha value is -3.81. The quantitative estimate of drug-likeness (QED) is 0.358. The predicted molar refractivity (Wildman–Crippen MR) is 159 cm³/mol. The first-order valence-electron chi connectivity index (χ1n) is 14.5. The zero-order valence-corrected chi connectivity index (χ0v) is 23.2. The van der Waals surface area contributed by atoms with Crippen molar-refractivity contribution in [3.8, 4) is 11.1 Å². The number of piperazine rings is 1. The first-order chi connectivity index (χ1) is 19.5. The van der Waals surface area contributed by atoms with E-state index in [0.717, 1.165) is 55.1 Å². The van der Waals surface area contributed by atoms with Crippen LogP contribution in [0.1, 0.15) is 36.4 Å². The summed E-state index contributed by atoms with van der Waals surface area (Å²) in [6, 6.07) is 23.6. The summed E-state index contributed by atoms with van der Waals surface area (Å²) in [6.45, 7) is 9.09. The average molecular weight is 533 g/mol. The van der Waals surface area contributed by atoms with Crippen LogP contribution < -0.4 is 10.6 Å². The normalized spacial score (nSPS) is 21.2. The zero-order chi connectivity index (χ0) is 27.2. The van der Waals surface area contributed by atoms with Gasteiger partial charge in [0.15, 0.2) is 0 Å². The molecule has 204 valence electrons. The number of amides is 1. The molecule has 2 bridgehead atoms. The Labute approximate surface area is 235 Å². The molecule has 0 radical (unpaired) electrons. The van der Waals surface area contributed by atoms with Crippen LogP contribution in [0.5, 0.6) is 0 Å². The molecular formula is C33H36N6O. The smallest absolute Gasteiger partial charge is 0.242 e. The lowest BCUT2D eigenvalue weighted by atomic mass is 10.0. The van der Waals surface area contributed by atoms with E-state index in [0.29, 0.717) is 13.1 Å². The second kappa shape index (κ2) is 10.3. The number of carbonyl (C=O) groups excluding carboxylic acids is 1. The Bertz CT molecular complexity index is 1580. The van der Waals surface area contributed by atoms with E-state index in [1.807, 2.05) is 24.3 Å². The summed E-state index contributed by atoms with van der Waals surface area (Å²) in [5.74, 6) is 1.68. The number of nitrogens with one attached hydrogen (secondary N) is 2. The Morgan fingerprint density at radius 3 is 2.67 bits per heavy atom. The molecule has 1 fully saturated rings. The van der Waals surface area contributed by atoms with Gasteiger partial charge in [0.25, 0.3) is 0 Å². The Kier molecular flexibility index (Phi) is 6.48. The number of aromatic nitrogens is 2. The highest BCUT2D eigenvalue weighted by Crippen LogP contribution is 2.37. The number of hydrogen-bond donors (Lipinski definition) is 2. The third-order valence-corrected chi connectivity index (χ3v) is 8.70. The molecule has 3 aliphatic rings. The van der Waals surface area contributed by atoms with Crippen molar-refractivity contribution < 1.29 is 4.79 Å². The molecule has 1 aliphatic carbocycles. The van der Waals surface area contributed by atoms with Gasteiger partial charge in [-0.3, -0.25) is 14.6 Å². The summed E-state index contributed by atoms with van der Waals surface area (Å²) < 4.78 is 0. The van der Waals surface area contributed by atoms with E-state index in [-0.39, 0.29) is 23.9 Å². The number of carbonyl (C=O) groups is 1. The van der Waals surface area contributed by atoms with Crippen molar-refractivity contribution in [2.45, 2.75) is 45.4 Å². The maximum Gasteiger partial charge on any atom is 0.242 e. The molecule has 0 saturated carbocycles. The van der Waals surface area contributed by atoms with Crippen LogP contribution in [0.25, 0.3) is 22.0 Å². The molecule has 3 aromatic carbocycles. The number of benzene rings is 3. The van der Waals surface area contributed by atoms with Crippen LogP contribution in [0.3, 0.4) is 0 Å². The number of rotatable bonds is 3. The number of para-hydroxylation sites is 1. The van der Waals surface area contributed by atoms with E-state index in [1.54, 1.807) is 0 Å². The Morgan fingerprint density at radius 2 is 1.77 bits per heavy atom. The lowest BCUT2D eigenvalue weighted by Crippen LogP contribution is -2.57. The first-order valence-corrected chi connectivity index (χ1v) is 14.5. The molecule has 2 atom stereocenters. The monoisotopic (exact) mass is 532 g/mol. The summed E-state index contributed by atoms with van der Waals surface area (Å²) in [4.78, 5) is 28.2. The van der Waals surface area contributed by atoms with Crippen molar-refractivity contribution in [1.82, 2.24) is 25.1 Å². The second-order valence-corrected chi connectivity index (χ2v) is 11.8. The van der Waals surface area contributed by atoms with Crippen LogP contribution in [-0.2, 0) is 24.3 Å². The summed E-state index contributed by atoms with van der Waals surface area (Å²) in [5, 5.41) is 7.69. The maximum atomic E-state index is 13.4. The zero-order valence-electron chi connectivity index (χ0n) is 23.2. The Morgan fingerprint density at radius 1 is 0.950 bits per heavy atom. The van der Waals surface area contributed by atoms with Crippen LogP contribution >= 0.6 is 0 Å². The molecule has 1 unspecified atom stereocenters. The molecule has 1 amide bonds. The van der Waals surface area contributed by atoms with Gasteiger partial charge in [0.1, 0.15) is 17.7 Å². The van der Waals surface area contributed by atoms with Crippen molar-refractivity contribution in [3.05, 3.63) is 89.2 Å². The summed E-state index contributed by atoms with van der Waals surface area (Å²) in [5.41, 5.74) is 7.86. The van der Waals surface area contributed by atoms with Gasteiger partial charge in [0.2, 0.25) is 5.91 Å². The van der Waals surface area contributed by atoms with Crippen LogP contribution in [-0.4, -0.2) is 63.9 Å². The molecule has 0 spiro atoms. The summed E-state index contributed by atoms with van der Waals surface area (Å²) >= 11 is 0. The fraction of sp³-hybridized carbons (Fsp3) is 0.364. The third-order valence-electron chi connectivity index (χ3n) is 8.70. The minimum absolute atomic E-state index is 0.0244. The van der Waals surface area contributed by atoms with Crippen LogP contribution in [0.15, 0.2) is 66.7 Å². The van der Waals surface area contributed by atoms with Crippen molar-refractivity contribution in [2.24, 2.45) is 5.92 Å². The molecule has 40 heavy (non-hydrogen) atoms. The molecule has 1 aromatic heterocycles. The minimum Gasteiger partial charge on any atom is -0.358 e. The topological polar surface area (TPSA) is 73.4 Å².